The molecule has 1 aliphatic heterocycles. The lowest BCUT2D eigenvalue weighted by atomic mass is 10.2. The average molecular weight is 508 g/mol. The van der Waals surface area contributed by atoms with E-state index >= 15 is 0 Å². The SMILES string of the molecule is COC(=O)c1ccc(N2C(=O)C[C@H](SC(=NCc3ccccc3)Nc3ccc(Cl)cc3)C2=O)cc1. The largest absolute Gasteiger partial charge is 0.465 e. The Balaban J connectivity index is 1.52. The number of amides is 2. The standard InChI is InChI=1S/C26H22ClN3O4S/c1-34-25(33)18-7-13-21(14-8-18)30-23(31)15-22(24(30)32)35-26(28-16-17-5-3-2-4-6-17)29-20-11-9-19(27)10-12-20/h2-14,22H,15-16H2,1H3,(H,28,29)/t22-/m0/s1. The van der Waals surface area contributed by atoms with Crippen molar-refractivity contribution in [2.75, 3.05) is 17.3 Å². The van der Waals surface area contributed by atoms with Gasteiger partial charge in [0.15, 0.2) is 5.17 Å². The molecule has 9 heteroatoms. The number of benzene rings is 3. The first-order chi connectivity index (χ1) is 16.9. The fourth-order valence-electron chi connectivity index (χ4n) is 3.48. The van der Waals surface area contributed by atoms with E-state index < -0.39 is 11.2 Å². The van der Waals surface area contributed by atoms with Gasteiger partial charge in [-0.2, -0.15) is 0 Å². The summed E-state index contributed by atoms with van der Waals surface area (Å²) in [5, 5.41) is 3.73. The maximum absolute atomic E-state index is 13.2. The third kappa shape index (κ3) is 6.09. The molecule has 0 aliphatic carbocycles. The summed E-state index contributed by atoms with van der Waals surface area (Å²) in [6.45, 7) is 0.414. The maximum atomic E-state index is 13.2. The topological polar surface area (TPSA) is 88.1 Å². The molecule has 0 saturated carbocycles. The van der Waals surface area contributed by atoms with E-state index in [2.05, 4.69) is 10.3 Å². The summed E-state index contributed by atoms with van der Waals surface area (Å²) in [5.74, 6) is -1.14. The second-order valence-corrected chi connectivity index (χ2v) is 9.28. The molecule has 0 aromatic heterocycles. The number of carbonyl (C=O) groups is 3. The second kappa shape index (κ2) is 11.2. The Morgan fingerprint density at radius 1 is 1.06 bits per heavy atom. The zero-order valence-corrected chi connectivity index (χ0v) is 20.4. The van der Waals surface area contributed by atoms with Crippen LogP contribution in [0.4, 0.5) is 11.4 Å². The van der Waals surface area contributed by atoms with E-state index in [9.17, 15) is 14.4 Å². The number of halogens is 1. The monoisotopic (exact) mass is 507 g/mol. The quantitative estimate of drug-likeness (QED) is 0.214. The van der Waals surface area contributed by atoms with Crippen LogP contribution >= 0.6 is 23.4 Å². The molecule has 1 aliphatic rings. The molecule has 3 aromatic rings. The summed E-state index contributed by atoms with van der Waals surface area (Å²) < 4.78 is 4.70. The second-order valence-electron chi connectivity index (χ2n) is 7.66. The van der Waals surface area contributed by atoms with E-state index in [0.29, 0.717) is 28.0 Å². The third-order valence-electron chi connectivity index (χ3n) is 5.25. The van der Waals surface area contributed by atoms with Gasteiger partial charge >= 0.3 is 5.97 Å². The number of anilines is 2. The number of carbonyl (C=O) groups excluding carboxylic acids is 3. The summed E-state index contributed by atoms with van der Waals surface area (Å²) in [7, 11) is 1.29. The van der Waals surface area contributed by atoms with Gasteiger partial charge in [0, 0.05) is 17.1 Å². The number of amidine groups is 1. The molecule has 7 nitrogen and oxygen atoms in total. The van der Waals surface area contributed by atoms with E-state index in [1.807, 2.05) is 42.5 Å². The van der Waals surface area contributed by atoms with E-state index in [4.69, 9.17) is 16.3 Å². The summed E-state index contributed by atoms with van der Waals surface area (Å²) in [6, 6.07) is 23.1. The fraction of sp³-hybridized carbons (Fsp3) is 0.154. The molecule has 0 radical (unpaired) electrons. The van der Waals surface area contributed by atoms with Crippen molar-refractivity contribution in [2.24, 2.45) is 4.99 Å². The van der Waals surface area contributed by atoms with Crippen molar-refractivity contribution in [3.8, 4) is 0 Å². The van der Waals surface area contributed by atoms with E-state index in [0.717, 1.165) is 16.2 Å². The number of imide groups is 1. The third-order valence-corrected chi connectivity index (χ3v) is 6.61. The predicted octanol–water partition coefficient (Wildman–Crippen LogP) is 5.16. The van der Waals surface area contributed by atoms with Gasteiger partial charge in [0.05, 0.1) is 24.9 Å². The van der Waals surface area contributed by atoms with Crippen molar-refractivity contribution in [1.82, 2.24) is 0 Å². The van der Waals surface area contributed by atoms with Crippen LogP contribution in [0, 0.1) is 0 Å². The van der Waals surface area contributed by atoms with Gasteiger partial charge in [-0.3, -0.25) is 14.6 Å². The number of hydrogen-bond acceptors (Lipinski definition) is 6. The van der Waals surface area contributed by atoms with E-state index in [1.54, 1.807) is 24.3 Å². The smallest absolute Gasteiger partial charge is 0.337 e. The molecule has 3 aromatic carbocycles. The number of aliphatic imine (C=N–C) groups is 1. The van der Waals surface area contributed by atoms with Gasteiger partial charge in [-0.05, 0) is 54.1 Å². The Kier molecular flexibility index (Phi) is 7.84. The van der Waals surface area contributed by atoms with Crippen LogP contribution in [0.2, 0.25) is 5.02 Å². The van der Waals surface area contributed by atoms with Crippen molar-refractivity contribution in [3.63, 3.8) is 0 Å². The Morgan fingerprint density at radius 2 is 1.74 bits per heavy atom. The van der Waals surface area contributed by atoms with Crippen LogP contribution in [0.3, 0.4) is 0 Å². The minimum absolute atomic E-state index is 0.0366. The summed E-state index contributed by atoms with van der Waals surface area (Å²) in [5.41, 5.74) is 2.53. The predicted molar refractivity (Wildman–Crippen MR) is 139 cm³/mol. The zero-order valence-electron chi connectivity index (χ0n) is 18.8. The van der Waals surface area contributed by atoms with Gasteiger partial charge in [-0.15, -0.1) is 0 Å². The highest BCUT2D eigenvalue weighted by molar-refractivity contribution is 8.15. The number of nitrogens with zero attached hydrogens (tertiary/aromatic N) is 2. The number of hydrogen-bond donors (Lipinski definition) is 1. The Hall–Kier alpha value is -3.62. The average Bonchev–Trinajstić information content (AvgIpc) is 3.16. The summed E-state index contributed by atoms with van der Waals surface area (Å²) >= 11 is 7.21. The van der Waals surface area contributed by atoms with Gasteiger partial charge < -0.3 is 10.1 Å². The first kappa shape index (κ1) is 24.5. The number of methoxy groups -OCH3 is 1. The normalized spacial score (nSPS) is 15.9. The van der Waals surface area contributed by atoms with Crippen LogP contribution in [-0.4, -0.2) is 35.3 Å². The van der Waals surface area contributed by atoms with Gasteiger partial charge in [-0.1, -0.05) is 53.7 Å². The summed E-state index contributed by atoms with van der Waals surface area (Å²) in [6.07, 6.45) is 0.0366. The van der Waals surface area contributed by atoms with Crippen molar-refractivity contribution in [1.29, 1.82) is 0 Å². The van der Waals surface area contributed by atoms with E-state index in [1.165, 1.54) is 31.0 Å². The molecule has 35 heavy (non-hydrogen) atoms. The highest BCUT2D eigenvalue weighted by Gasteiger charge is 2.40. The number of nitrogens with one attached hydrogen (secondary N) is 1. The Morgan fingerprint density at radius 3 is 2.40 bits per heavy atom. The molecule has 1 heterocycles. The number of ether oxygens (including phenoxy) is 1. The molecular formula is C26H22ClN3O4S. The molecule has 0 spiro atoms. The van der Waals surface area contributed by atoms with Crippen LogP contribution in [0.5, 0.6) is 0 Å². The Bertz CT molecular complexity index is 1250. The summed E-state index contributed by atoms with van der Waals surface area (Å²) in [4.78, 5) is 43.4. The number of rotatable bonds is 6. The Labute approximate surface area is 212 Å². The van der Waals surface area contributed by atoms with Gasteiger partial charge in [0.25, 0.3) is 0 Å². The molecule has 0 unspecified atom stereocenters. The van der Waals surface area contributed by atoms with Crippen LogP contribution in [0.25, 0.3) is 0 Å². The lowest BCUT2D eigenvalue weighted by molar-refractivity contribution is -0.121. The van der Waals surface area contributed by atoms with Crippen LogP contribution in [-0.2, 0) is 20.9 Å². The molecule has 2 amide bonds. The van der Waals surface area contributed by atoms with Crippen LogP contribution in [0.1, 0.15) is 22.3 Å². The molecule has 1 atom stereocenters. The van der Waals surface area contributed by atoms with Gasteiger partial charge in [-0.25, -0.2) is 9.69 Å². The highest BCUT2D eigenvalue weighted by Crippen LogP contribution is 2.31. The molecule has 1 N–H and O–H groups in total. The zero-order chi connectivity index (χ0) is 24.8. The van der Waals surface area contributed by atoms with E-state index in [-0.39, 0.29) is 18.2 Å². The van der Waals surface area contributed by atoms with Gasteiger partial charge in [0.2, 0.25) is 11.8 Å². The number of esters is 1. The van der Waals surface area contributed by atoms with Crippen molar-refractivity contribution < 1.29 is 19.1 Å². The first-order valence-corrected chi connectivity index (χ1v) is 12.0. The van der Waals surface area contributed by atoms with Gasteiger partial charge in [0.1, 0.15) is 5.25 Å². The number of thioether (sulfide) groups is 1. The van der Waals surface area contributed by atoms with Crippen molar-refractivity contribution in [2.45, 2.75) is 18.2 Å². The molecule has 178 valence electrons. The molecule has 1 fully saturated rings. The molecular weight excluding hydrogens is 486 g/mol. The minimum Gasteiger partial charge on any atom is -0.465 e. The van der Waals surface area contributed by atoms with Crippen molar-refractivity contribution in [3.05, 3.63) is 95.0 Å². The lowest BCUT2D eigenvalue weighted by Gasteiger charge is -2.16. The van der Waals surface area contributed by atoms with Crippen molar-refractivity contribution >= 4 is 57.7 Å². The fourth-order valence-corrected chi connectivity index (χ4v) is 4.62. The lowest BCUT2D eigenvalue weighted by Crippen LogP contribution is -2.31. The van der Waals surface area contributed by atoms with Crippen LogP contribution in [0.15, 0.2) is 83.9 Å². The molecule has 1 saturated heterocycles. The highest BCUT2D eigenvalue weighted by atomic mass is 35.5. The first-order valence-electron chi connectivity index (χ1n) is 10.8. The minimum atomic E-state index is -0.642. The maximum Gasteiger partial charge on any atom is 0.337 e. The van der Waals surface area contributed by atoms with Crippen LogP contribution < -0.4 is 10.2 Å². The molecule has 0 bridgehead atoms. The molecule has 4 rings (SSSR count).